The number of allylic oxidation sites excluding steroid dienone is 1. The first-order valence-corrected chi connectivity index (χ1v) is 9.66. The number of amides is 2. The summed E-state index contributed by atoms with van der Waals surface area (Å²) in [5.74, 6) is -1.27. The SMILES string of the molecule is CC1(C)C(C#N)=C(SCC(=O)NC2CCCCCC2)NC(=O)[C@H]1C#N. The van der Waals surface area contributed by atoms with Crippen LogP contribution in [0.2, 0.25) is 0 Å². The highest BCUT2D eigenvalue weighted by molar-refractivity contribution is 8.03. The van der Waals surface area contributed by atoms with Crippen LogP contribution in [0.15, 0.2) is 10.6 Å². The smallest absolute Gasteiger partial charge is 0.243 e. The second-order valence-electron chi connectivity index (χ2n) is 7.13. The van der Waals surface area contributed by atoms with E-state index >= 15 is 0 Å². The van der Waals surface area contributed by atoms with Gasteiger partial charge in [0, 0.05) is 11.5 Å². The summed E-state index contributed by atoms with van der Waals surface area (Å²) in [7, 11) is 0. The van der Waals surface area contributed by atoms with E-state index in [2.05, 4.69) is 16.7 Å². The van der Waals surface area contributed by atoms with Crippen LogP contribution in [0.1, 0.15) is 52.4 Å². The zero-order valence-corrected chi connectivity index (χ0v) is 15.5. The van der Waals surface area contributed by atoms with Crippen LogP contribution >= 0.6 is 11.8 Å². The van der Waals surface area contributed by atoms with E-state index in [1.54, 1.807) is 13.8 Å². The fraction of sp³-hybridized carbons (Fsp3) is 0.667. The number of rotatable bonds is 4. The van der Waals surface area contributed by atoms with Gasteiger partial charge in [-0.1, -0.05) is 51.3 Å². The van der Waals surface area contributed by atoms with E-state index in [1.165, 1.54) is 12.8 Å². The predicted molar refractivity (Wildman–Crippen MR) is 95.8 cm³/mol. The maximum absolute atomic E-state index is 12.2. The minimum atomic E-state index is -0.911. The van der Waals surface area contributed by atoms with E-state index in [4.69, 9.17) is 0 Å². The van der Waals surface area contributed by atoms with Crippen LogP contribution < -0.4 is 10.6 Å². The van der Waals surface area contributed by atoms with Crippen LogP contribution in [0.4, 0.5) is 0 Å². The number of hydrogen-bond donors (Lipinski definition) is 2. The van der Waals surface area contributed by atoms with Crippen LogP contribution in [0, 0.1) is 34.0 Å². The average Bonchev–Trinajstić information content (AvgIpc) is 2.81. The number of nitrogens with one attached hydrogen (secondary N) is 2. The molecule has 1 heterocycles. The van der Waals surface area contributed by atoms with Gasteiger partial charge in [0.15, 0.2) is 0 Å². The summed E-state index contributed by atoms with van der Waals surface area (Å²) in [5, 5.41) is 24.7. The van der Waals surface area contributed by atoms with Crippen LogP contribution in [-0.2, 0) is 9.59 Å². The Kier molecular flexibility index (Phi) is 6.50. The Morgan fingerprint density at radius 1 is 1.28 bits per heavy atom. The molecule has 1 saturated carbocycles. The highest BCUT2D eigenvalue weighted by Gasteiger charge is 2.44. The van der Waals surface area contributed by atoms with E-state index in [0.29, 0.717) is 10.6 Å². The zero-order valence-electron chi connectivity index (χ0n) is 14.7. The third-order valence-corrected chi connectivity index (χ3v) is 5.90. The number of carbonyl (C=O) groups excluding carboxylic acids is 2. The maximum atomic E-state index is 12.2. The highest BCUT2D eigenvalue weighted by atomic mass is 32.2. The molecule has 25 heavy (non-hydrogen) atoms. The first-order chi connectivity index (χ1) is 11.9. The number of nitrogens with zero attached hydrogens (tertiary/aromatic N) is 2. The third-order valence-electron chi connectivity index (χ3n) is 4.90. The lowest BCUT2D eigenvalue weighted by Gasteiger charge is -2.34. The first kappa shape index (κ1) is 19.3. The Labute approximate surface area is 153 Å². The van der Waals surface area contributed by atoms with Crippen molar-refractivity contribution in [3.8, 4) is 12.1 Å². The molecular weight excluding hydrogens is 336 g/mol. The van der Waals surface area contributed by atoms with E-state index in [9.17, 15) is 20.1 Å². The summed E-state index contributed by atoms with van der Waals surface area (Å²) in [5.41, 5.74) is -0.516. The monoisotopic (exact) mass is 360 g/mol. The van der Waals surface area contributed by atoms with Gasteiger partial charge in [-0.25, -0.2) is 0 Å². The molecule has 2 N–H and O–H groups in total. The van der Waals surface area contributed by atoms with Gasteiger partial charge in [0.2, 0.25) is 11.8 Å². The minimum Gasteiger partial charge on any atom is -0.353 e. The predicted octanol–water partition coefficient (Wildman–Crippen LogP) is 2.59. The fourth-order valence-electron chi connectivity index (χ4n) is 3.37. The van der Waals surface area contributed by atoms with Crippen molar-refractivity contribution < 1.29 is 9.59 Å². The Morgan fingerprint density at radius 3 is 2.48 bits per heavy atom. The Bertz CT molecular complexity index is 649. The molecule has 1 aliphatic heterocycles. The molecule has 0 saturated heterocycles. The van der Waals surface area contributed by atoms with Crippen molar-refractivity contribution in [2.75, 3.05) is 5.75 Å². The molecule has 0 aromatic rings. The van der Waals surface area contributed by atoms with E-state index in [-0.39, 0.29) is 17.7 Å². The summed E-state index contributed by atoms with van der Waals surface area (Å²) in [6, 6.07) is 4.29. The summed E-state index contributed by atoms with van der Waals surface area (Å²) in [4.78, 5) is 24.3. The van der Waals surface area contributed by atoms with Crippen LogP contribution in [-0.4, -0.2) is 23.6 Å². The Hall–Kier alpha value is -1.99. The van der Waals surface area contributed by atoms with Gasteiger partial charge in [0.25, 0.3) is 0 Å². The van der Waals surface area contributed by atoms with Crippen molar-refractivity contribution in [3.05, 3.63) is 10.6 Å². The summed E-state index contributed by atoms with van der Waals surface area (Å²) >= 11 is 1.15. The van der Waals surface area contributed by atoms with Gasteiger partial charge in [-0.15, -0.1) is 0 Å². The normalized spacial score (nSPS) is 23.8. The standard InChI is InChI=1S/C18H24N4O2S/c1-18(2)13(9-19)16(24)22-17(14(18)10-20)25-11-15(23)21-12-7-5-3-4-6-8-12/h12-13H,3-8,11H2,1-2H3,(H,21,23)(H,22,24)/t13-/m1/s1. The van der Waals surface area contributed by atoms with Gasteiger partial charge in [0.1, 0.15) is 5.92 Å². The van der Waals surface area contributed by atoms with Crippen molar-refractivity contribution in [3.63, 3.8) is 0 Å². The zero-order chi connectivity index (χ0) is 18.4. The van der Waals surface area contributed by atoms with Gasteiger partial charge in [-0.2, -0.15) is 10.5 Å². The van der Waals surface area contributed by atoms with Crippen LogP contribution in [0.3, 0.4) is 0 Å². The second kappa shape index (κ2) is 8.40. The first-order valence-electron chi connectivity index (χ1n) is 8.67. The lowest BCUT2D eigenvalue weighted by molar-refractivity contribution is -0.125. The van der Waals surface area contributed by atoms with Crippen molar-refractivity contribution in [2.45, 2.75) is 58.4 Å². The van der Waals surface area contributed by atoms with Gasteiger partial charge >= 0.3 is 0 Å². The van der Waals surface area contributed by atoms with Gasteiger partial charge in [0.05, 0.1) is 28.5 Å². The van der Waals surface area contributed by atoms with Crippen LogP contribution in [0.25, 0.3) is 0 Å². The molecule has 0 unspecified atom stereocenters. The molecule has 2 amide bonds. The van der Waals surface area contributed by atoms with E-state index in [1.807, 2.05) is 6.07 Å². The maximum Gasteiger partial charge on any atom is 0.243 e. The Balaban J connectivity index is 2.02. The molecule has 1 fully saturated rings. The van der Waals surface area contributed by atoms with Crippen molar-refractivity contribution in [1.29, 1.82) is 10.5 Å². The van der Waals surface area contributed by atoms with Gasteiger partial charge < -0.3 is 10.6 Å². The summed E-state index contributed by atoms with van der Waals surface area (Å²) in [6.45, 7) is 3.43. The van der Waals surface area contributed by atoms with Crippen molar-refractivity contribution in [1.82, 2.24) is 10.6 Å². The molecule has 7 heteroatoms. The molecule has 1 atom stereocenters. The molecule has 0 aromatic heterocycles. The number of hydrogen-bond acceptors (Lipinski definition) is 5. The van der Waals surface area contributed by atoms with Gasteiger partial charge in [-0.3, -0.25) is 9.59 Å². The van der Waals surface area contributed by atoms with E-state index in [0.717, 1.165) is 37.4 Å². The van der Waals surface area contributed by atoms with Crippen molar-refractivity contribution in [2.24, 2.45) is 11.3 Å². The highest BCUT2D eigenvalue weighted by Crippen LogP contribution is 2.41. The molecule has 0 bridgehead atoms. The van der Waals surface area contributed by atoms with Gasteiger partial charge in [-0.05, 0) is 12.8 Å². The number of nitriles is 2. The van der Waals surface area contributed by atoms with Crippen LogP contribution in [0.5, 0.6) is 0 Å². The quantitative estimate of drug-likeness (QED) is 0.750. The topological polar surface area (TPSA) is 106 Å². The molecule has 0 spiro atoms. The lowest BCUT2D eigenvalue weighted by atomic mass is 9.72. The number of carbonyl (C=O) groups is 2. The third kappa shape index (κ3) is 4.55. The van der Waals surface area contributed by atoms with Crippen molar-refractivity contribution >= 4 is 23.6 Å². The second-order valence-corrected chi connectivity index (χ2v) is 8.12. The molecular formula is C18H24N4O2S. The summed E-state index contributed by atoms with van der Waals surface area (Å²) < 4.78 is 0. The Morgan fingerprint density at radius 2 is 1.92 bits per heavy atom. The average molecular weight is 360 g/mol. The summed E-state index contributed by atoms with van der Waals surface area (Å²) in [6.07, 6.45) is 6.75. The minimum absolute atomic E-state index is 0.0869. The molecule has 134 valence electrons. The molecule has 6 nitrogen and oxygen atoms in total. The largest absolute Gasteiger partial charge is 0.353 e. The molecule has 2 aliphatic rings. The molecule has 0 radical (unpaired) electrons. The fourth-order valence-corrected chi connectivity index (χ4v) is 4.35. The molecule has 1 aliphatic carbocycles. The molecule has 2 rings (SSSR count). The number of thioether (sulfide) groups is 1. The lowest BCUT2D eigenvalue weighted by Crippen LogP contribution is -2.45. The van der Waals surface area contributed by atoms with E-state index < -0.39 is 17.2 Å². The molecule has 0 aromatic carbocycles.